The second-order valence-corrected chi connectivity index (χ2v) is 9.77. The number of aromatic nitrogens is 1. The Labute approximate surface area is 211 Å². The van der Waals surface area contributed by atoms with Crippen LogP contribution in [-0.4, -0.2) is 65.9 Å². The first kappa shape index (κ1) is 25.1. The number of carbonyl (C=O) groups excluding carboxylic acids is 2. The molecule has 0 radical (unpaired) electrons. The minimum absolute atomic E-state index is 0.0377. The van der Waals surface area contributed by atoms with Crippen molar-refractivity contribution < 1.29 is 14.3 Å². The molecule has 35 heavy (non-hydrogen) atoms. The van der Waals surface area contributed by atoms with Crippen LogP contribution in [0.15, 0.2) is 48.7 Å². The zero-order valence-electron chi connectivity index (χ0n) is 20.5. The van der Waals surface area contributed by atoms with Gasteiger partial charge >= 0.3 is 0 Å². The van der Waals surface area contributed by atoms with Gasteiger partial charge in [0.1, 0.15) is 11.8 Å². The third-order valence-electron chi connectivity index (χ3n) is 6.56. The number of amides is 2. The smallest absolute Gasteiger partial charge is 0.245 e. The number of benzene rings is 2. The molecule has 0 saturated carbocycles. The predicted octanol–water partition coefficient (Wildman–Crippen LogP) is 3.86. The Morgan fingerprint density at radius 3 is 2.54 bits per heavy atom. The first-order valence-electron chi connectivity index (χ1n) is 12.0. The summed E-state index contributed by atoms with van der Waals surface area (Å²) in [5.41, 5.74) is 3.07. The molecule has 2 amide bonds. The van der Waals surface area contributed by atoms with E-state index < -0.39 is 6.04 Å². The minimum Gasteiger partial charge on any atom is -0.496 e. The summed E-state index contributed by atoms with van der Waals surface area (Å²) in [6.07, 6.45) is 2.38. The van der Waals surface area contributed by atoms with Crippen molar-refractivity contribution in [3.05, 3.63) is 64.8 Å². The standard InChI is InChI=1S/C27H33ClN4O3/c1-18(2)26(33)30-24(15-19-16-29-23-7-5-4-6-22(19)23)27(34)32-12-10-31(11-13-32)17-20-14-21(28)8-9-25(20)35-3/h4-9,14,16,18,24,29H,10-13,15,17H2,1-3H3,(H,30,33). The second-order valence-electron chi connectivity index (χ2n) is 9.34. The van der Waals surface area contributed by atoms with Gasteiger partial charge in [-0.05, 0) is 29.8 Å². The number of hydrogen-bond acceptors (Lipinski definition) is 4. The van der Waals surface area contributed by atoms with Gasteiger partial charge in [-0.1, -0.05) is 43.6 Å². The van der Waals surface area contributed by atoms with Crippen molar-refractivity contribution in [3.63, 3.8) is 0 Å². The third kappa shape index (κ3) is 5.97. The predicted molar refractivity (Wildman–Crippen MR) is 139 cm³/mol. The molecule has 7 nitrogen and oxygen atoms in total. The maximum atomic E-state index is 13.6. The van der Waals surface area contributed by atoms with Gasteiger partial charge in [-0.25, -0.2) is 0 Å². The van der Waals surface area contributed by atoms with Crippen molar-refractivity contribution in [1.29, 1.82) is 0 Å². The van der Waals surface area contributed by atoms with E-state index in [2.05, 4.69) is 15.2 Å². The Bertz CT molecular complexity index is 1180. The van der Waals surface area contributed by atoms with Crippen LogP contribution in [0.25, 0.3) is 10.9 Å². The van der Waals surface area contributed by atoms with Gasteiger partial charge in [0, 0.05) is 72.7 Å². The number of nitrogens with one attached hydrogen (secondary N) is 2. The summed E-state index contributed by atoms with van der Waals surface area (Å²) in [6.45, 7) is 7.05. The lowest BCUT2D eigenvalue weighted by Crippen LogP contribution is -2.55. The number of fused-ring (bicyclic) bond motifs is 1. The van der Waals surface area contributed by atoms with E-state index in [0.717, 1.165) is 40.9 Å². The molecule has 186 valence electrons. The first-order valence-corrected chi connectivity index (χ1v) is 12.4. The number of piperazine rings is 1. The van der Waals surface area contributed by atoms with Gasteiger partial charge in [0.05, 0.1) is 7.11 Å². The van der Waals surface area contributed by atoms with E-state index in [9.17, 15) is 9.59 Å². The molecule has 3 aromatic rings. The van der Waals surface area contributed by atoms with Crippen LogP contribution < -0.4 is 10.1 Å². The van der Waals surface area contributed by atoms with Crippen molar-refractivity contribution in [2.45, 2.75) is 32.9 Å². The van der Waals surface area contributed by atoms with Crippen LogP contribution >= 0.6 is 11.6 Å². The Morgan fingerprint density at radius 1 is 1.09 bits per heavy atom. The Morgan fingerprint density at radius 2 is 1.83 bits per heavy atom. The maximum absolute atomic E-state index is 13.6. The molecule has 1 aliphatic heterocycles. The zero-order valence-corrected chi connectivity index (χ0v) is 21.3. The highest BCUT2D eigenvalue weighted by atomic mass is 35.5. The fourth-order valence-electron chi connectivity index (χ4n) is 4.52. The number of nitrogens with zero attached hydrogens (tertiary/aromatic N) is 2. The third-order valence-corrected chi connectivity index (χ3v) is 6.79. The van der Waals surface area contributed by atoms with Gasteiger partial charge < -0.3 is 19.9 Å². The number of halogens is 1. The molecular formula is C27H33ClN4O3. The van der Waals surface area contributed by atoms with Gasteiger partial charge in [0.2, 0.25) is 11.8 Å². The normalized spacial score (nSPS) is 15.4. The molecule has 0 bridgehead atoms. The average molecular weight is 497 g/mol. The van der Waals surface area contributed by atoms with Crippen LogP contribution in [0.5, 0.6) is 5.75 Å². The molecule has 2 aromatic carbocycles. The quantitative estimate of drug-likeness (QED) is 0.496. The summed E-state index contributed by atoms with van der Waals surface area (Å²) in [5, 5.41) is 4.75. The van der Waals surface area contributed by atoms with E-state index in [0.29, 0.717) is 31.1 Å². The van der Waals surface area contributed by atoms with Crippen molar-refractivity contribution in [2.24, 2.45) is 5.92 Å². The number of rotatable bonds is 8. The molecule has 1 aromatic heterocycles. The van der Waals surface area contributed by atoms with E-state index in [1.807, 2.05) is 67.4 Å². The lowest BCUT2D eigenvalue weighted by Gasteiger charge is -2.37. The van der Waals surface area contributed by atoms with E-state index >= 15 is 0 Å². The number of hydrogen-bond donors (Lipinski definition) is 2. The molecule has 1 aliphatic rings. The molecule has 8 heteroatoms. The summed E-state index contributed by atoms with van der Waals surface area (Å²) in [7, 11) is 1.66. The van der Waals surface area contributed by atoms with Crippen molar-refractivity contribution in [2.75, 3.05) is 33.3 Å². The zero-order chi connectivity index (χ0) is 24.9. The summed E-state index contributed by atoms with van der Waals surface area (Å²) in [6, 6.07) is 13.0. The van der Waals surface area contributed by atoms with Crippen LogP contribution in [-0.2, 0) is 22.6 Å². The summed E-state index contributed by atoms with van der Waals surface area (Å²) >= 11 is 6.19. The van der Waals surface area contributed by atoms with E-state index in [1.165, 1.54) is 0 Å². The Kier molecular flexibility index (Phi) is 7.98. The number of carbonyl (C=O) groups is 2. The van der Waals surface area contributed by atoms with Crippen LogP contribution in [0, 0.1) is 5.92 Å². The highest BCUT2D eigenvalue weighted by Gasteiger charge is 2.30. The molecule has 2 N–H and O–H groups in total. The topological polar surface area (TPSA) is 77.7 Å². The second kappa shape index (κ2) is 11.1. The SMILES string of the molecule is COc1ccc(Cl)cc1CN1CCN(C(=O)C(Cc2c[nH]c3ccccc23)NC(=O)C(C)C)CC1. The fraction of sp³-hybridized carbons (Fsp3) is 0.407. The number of para-hydroxylation sites is 1. The van der Waals surface area contributed by atoms with Gasteiger partial charge in [-0.15, -0.1) is 0 Å². The lowest BCUT2D eigenvalue weighted by molar-refractivity contribution is -0.138. The van der Waals surface area contributed by atoms with Gasteiger partial charge in [-0.3, -0.25) is 14.5 Å². The van der Waals surface area contributed by atoms with Crippen LogP contribution in [0.4, 0.5) is 0 Å². The molecule has 0 aliphatic carbocycles. The Hall–Kier alpha value is -3.03. The first-order chi connectivity index (χ1) is 16.9. The average Bonchev–Trinajstić information content (AvgIpc) is 3.26. The van der Waals surface area contributed by atoms with Gasteiger partial charge in [-0.2, -0.15) is 0 Å². The van der Waals surface area contributed by atoms with E-state index in [1.54, 1.807) is 7.11 Å². The summed E-state index contributed by atoms with van der Waals surface area (Å²) < 4.78 is 5.48. The van der Waals surface area contributed by atoms with Crippen LogP contribution in [0.2, 0.25) is 5.02 Å². The Balaban J connectivity index is 1.44. The molecular weight excluding hydrogens is 464 g/mol. The van der Waals surface area contributed by atoms with Crippen LogP contribution in [0.3, 0.4) is 0 Å². The van der Waals surface area contributed by atoms with Gasteiger partial charge in [0.15, 0.2) is 0 Å². The monoisotopic (exact) mass is 496 g/mol. The molecule has 2 heterocycles. The largest absolute Gasteiger partial charge is 0.496 e. The summed E-state index contributed by atoms with van der Waals surface area (Å²) in [5.74, 6) is 0.458. The van der Waals surface area contributed by atoms with E-state index in [4.69, 9.17) is 16.3 Å². The van der Waals surface area contributed by atoms with E-state index in [-0.39, 0.29) is 17.7 Å². The molecule has 0 spiro atoms. The molecule has 1 fully saturated rings. The highest BCUT2D eigenvalue weighted by molar-refractivity contribution is 6.30. The van der Waals surface area contributed by atoms with Crippen LogP contribution in [0.1, 0.15) is 25.0 Å². The molecule has 1 atom stereocenters. The number of methoxy groups -OCH3 is 1. The number of ether oxygens (including phenoxy) is 1. The minimum atomic E-state index is -0.608. The molecule has 1 saturated heterocycles. The number of H-pyrrole nitrogens is 1. The van der Waals surface area contributed by atoms with Gasteiger partial charge in [0.25, 0.3) is 0 Å². The molecule has 1 unspecified atom stereocenters. The van der Waals surface area contributed by atoms with Crippen molar-refractivity contribution in [1.82, 2.24) is 20.1 Å². The van der Waals surface area contributed by atoms with Crippen molar-refractivity contribution >= 4 is 34.3 Å². The lowest BCUT2D eigenvalue weighted by atomic mass is 10.0. The maximum Gasteiger partial charge on any atom is 0.245 e. The number of aromatic amines is 1. The molecule has 4 rings (SSSR count). The summed E-state index contributed by atoms with van der Waals surface area (Å²) in [4.78, 5) is 33.6. The fourth-order valence-corrected chi connectivity index (χ4v) is 4.71. The van der Waals surface area contributed by atoms with Crippen molar-refractivity contribution in [3.8, 4) is 5.75 Å². The highest BCUT2D eigenvalue weighted by Crippen LogP contribution is 2.25.